The molecule has 0 aromatic heterocycles. The first-order chi connectivity index (χ1) is 35.6. The van der Waals surface area contributed by atoms with Crippen LogP contribution in [0.2, 0.25) is 0 Å². The number of amides is 1. The first-order valence-electron chi connectivity index (χ1n) is 24.6. The number of hydrogen-bond donors (Lipinski definition) is 4. The van der Waals surface area contributed by atoms with Gasteiger partial charge in [0.1, 0.15) is 48.1 Å². The number of hydrogen-bond acceptors (Lipinski definition) is 22. The molecule has 3 fully saturated rings. The number of esters is 6. The van der Waals surface area contributed by atoms with E-state index in [0.29, 0.717) is 0 Å². The lowest BCUT2D eigenvalue weighted by Crippen LogP contribution is -2.79. The molecule has 21 nitrogen and oxygen atoms in total. The second kappa shape index (κ2) is 24.0. The van der Waals surface area contributed by atoms with Crippen LogP contribution in [0.3, 0.4) is 0 Å². The molecule has 23 heteroatoms. The largest absolute Gasteiger partial charge is 0.461 e. The minimum Gasteiger partial charge on any atom is -0.461 e. The molecule has 6 rings (SSSR count). The number of methoxy groups -OCH3 is 1. The Morgan fingerprint density at radius 1 is 0.855 bits per heavy atom. The Morgan fingerprint density at radius 3 is 2.03 bits per heavy atom. The Bertz CT molecular complexity index is 2540. The number of rotatable bonds is 19. The number of nitrogens with one attached hydrogen (secondary N) is 1. The van der Waals surface area contributed by atoms with Crippen LogP contribution in [0.25, 0.3) is 0 Å². The SMILES string of the molecule is COCCOC(=O)C(C)OC(=O)CSSCC(=O)OC(C(=O)OC1C(C)=C2C(O)C(=O)C3(C)C(O)CC4OCC4(OC(C)=O)C3CC(OC(=O)c3ccccc3)(C1O)C2(C)C)C(NC(=O)OC(C)(C)C)c1ccccc1. The molecule has 4 N–H and O–H groups in total. The summed E-state index contributed by atoms with van der Waals surface area (Å²) in [6.07, 6.45) is -13.7. The summed E-state index contributed by atoms with van der Waals surface area (Å²) in [4.78, 5) is 110. The normalized spacial score (nSPS) is 28.7. The number of alkyl carbamates (subject to hydrolysis) is 1. The third kappa shape index (κ3) is 12.2. The minimum atomic E-state index is -2.32. The van der Waals surface area contributed by atoms with Crippen LogP contribution in [0.4, 0.5) is 4.79 Å². The summed E-state index contributed by atoms with van der Waals surface area (Å²) in [5.74, 6) is -8.86. The highest BCUT2D eigenvalue weighted by molar-refractivity contribution is 8.77. The summed E-state index contributed by atoms with van der Waals surface area (Å²) in [6, 6.07) is 14.0. The molecule has 0 spiro atoms. The lowest BCUT2D eigenvalue weighted by Gasteiger charge is -2.66. The number of ketones is 1. The Morgan fingerprint density at radius 2 is 1.46 bits per heavy atom. The molecule has 3 aliphatic carbocycles. The van der Waals surface area contributed by atoms with Crippen molar-refractivity contribution < 1.29 is 96.3 Å². The van der Waals surface area contributed by atoms with Crippen molar-refractivity contribution >= 4 is 69.3 Å². The van der Waals surface area contributed by atoms with Crippen molar-refractivity contribution in [3.05, 3.63) is 82.9 Å². The fourth-order valence-electron chi connectivity index (χ4n) is 10.7. The highest BCUT2D eigenvalue weighted by Crippen LogP contribution is 2.64. The maximum Gasteiger partial charge on any atom is 0.408 e. The van der Waals surface area contributed by atoms with Crippen molar-refractivity contribution in [1.29, 1.82) is 0 Å². The van der Waals surface area contributed by atoms with Gasteiger partial charge in [-0.3, -0.25) is 19.2 Å². The minimum absolute atomic E-state index is 0.0257. The van der Waals surface area contributed by atoms with E-state index in [1.54, 1.807) is 57.2 Å². The van der Waals surface area contributed by atoms with Crippen LogP contribution >= 0.6 is 21.6 Å². The number of fused-ring (bicyclic) bond motifs is 5. The van der Waals surface area contributed by atoms with Crippen molar-refractivity contribution in [3.8, 4) is 0 Å². The van der Waals surface area contributed by atoms with E-state index in [1.807, 2.05) is 0 Å². The zero-order valence-electron chi connectivity index (χ0n) is 44.0. The van der Waals surface area contributed by atoms with Gasteiger partial charge in [0.05, 0.1) is 30.3 Å². The molecule has 2 bridgehead atoms. The number of aliphatic hydroxyl groups is 3. The molecule has 1 heterocycles. The smallest absolute Gasteiger partial charge is 0.408 e. The van der Waals surface area contributed by atoms with Gasteiger partial charge in [0.15, 0.2) is 29.2 Å². The number of carbonyl (C=O) groups is 8. The third-order valence-corrected chi connectivity index (χ3v) is 16.6. The van der Waals surface area contributed by atoms with Gasteiger partial charge < -0.3 is 63.3 Å². The van der Waals surface area contributed by atoms with E-state index < -0.39 is 142 Å². The summed E-state index contributed by atoms with van der Waals surface area (Å²) in [7, 11) is 3.12. The molecule has 416 valence electrons. The van der Waals surface area contributed by atoms with Crippen molar-refractivity contribution in [1.82, 2.24) is 5.32 Å². The van der Waals surface area contributed by atoms with Crippen molar-refractivity contribution in [2.24, 2.45) is 16.7 Å². The number of aliphatic hydroxyl groups excluding tert-OH is 3. The maximum absolute atomic E-state index is 15.2. The quantitative estimate of drug-likeness (QED) is 0.0501. The van der Waals surface area contributed by atoms with Crippen LogP contribution < -0.4 is 5.32 Å². The molecule has 76 heavy (non-hydrogen) atoms. The summed E-state index contributed by atoms with van der Waals surface area (Å²) in [6.45, 7) is 13.0. The Kier molecular flexibility index (Phi) is 18.8. The number of carbonyl (C=O) groups excluding carboxylic acids is 8. The van der Waals surface area contributed by atoms with Gasteiger partial charge in [0.25, 0.3) is 0 Å². The fraction of sp³-hybridized carbons (Fsp3) is 0.585. The molecular formula is C53H67NO20S2. The Balaban J connectivity index is 1.41. The second-order valence-electron chi connectivity index (χ2n) is 20.8. The van der Waals surface area contributed by atoms with E-state index in [9.17, 15) is 44.1 Å². The van der Waals surface area contributed by atoms with Gasteiger partial charge in [0, 0.05) is 31.8 Å². The summed E-state index contributed by atoms with van der Waals surface area (Å²) in [5, 5.41) is 40.3. The summed E-state index contributed by atoms with van der Waals surface area (Å²) >= 11 is 0. The molecule has 0 radical (unpaired) electrons. The van der Waals surface area contributed by atoms with E-state index in [-0.39, 0.29) is 54.3 Å². The summed E-state index contributed by atoms with van der Waals surface area (Å²) < 4.78 is 51.1. The molecule has 2 aromatic carbocycles. The first kappa shape index (κ1) is 59.7. The van der Waals surface area contributed by atoms with Crippen LogP contribution in [-0.2, 0) is 71.4 Å². The van der Waals surface area contributed by atoms with E-state index in [2.05, 4.69) is 5.32 Å². The number of benzene rings is 2. The second-order valence-corrected chi connectivity index (χ2v) is 23.3. The Hall–Kier alpha value is -5.56. The van der Waals surface area contributed by atoms with Gasteiger partial charge in [-0.25, -0.2) is 19.2 Å². The predicted octanol–water partition coefficient (Wildman–Crippen LogP) is 4.31. The van der Waals surface area contributed by atoms with Crippen LogP contribution in [0.15, 0.2) is 71.8 Å². The number of ether oxygens (including phenoxy) is 9. The average Bonchev–Trinajstić information content (AvgIpc) is 3.39. The van der Waals surface area contributed by atoms with Gasteiger partial charge in [-0.2, -0.15) is 0 Å². The van der Waals surface area contributed by atoms with E-state index in [0.717, 1.165) is 28.5 Å². The van der Waals surface area contributed by atoms with E-state index in [1.165, 1.54) is 66.0 Å². The fourth-order valence-corrected chi connectivity index (χ4v) is 12.3. The van der Waals surface area contributed by atoms with Crippen molar-refractivity contribution in [3.63, 3.8) is 0 Å². The molecule has 12 atom stereocenters. The molecule has 1 aliphatic heterocycles. The first-order valence-corrected chi connectivity index (χ1v) is 27.1. The maximum atomic E-state index is 15.2. The zero-order chi connectivity index (χ0) is 56.1. The van der Waals surface area contributed by atoms with Crippen molar-refractivity contribution in [2.75, 3.05) is 38.4 Å². The van der Waals surface area contributed by atoms with Crippen molar-refractivity contribution in [2.45, 2.75) is 141 Å². The third-order valence-electron chi connectivity index (χ3n) is 14.5. The molecular weight excluding hydrogens is 1030 g/mol. The summed E-state index contributed by atoms with van der Waals surface area (Å²) in [5.41, 5.74) is -8.66. The standard InChI is InChI=1S/C53H67NO20S2/c1-28-38-40(59)43(60)51(9)33(52(72-30(3)55)27-68-35(52)23-34(51)56)24-53(50(38,7)8,73-46(63)32-19-15-12-16-20-32)44(61)41(28)71-47(64)42(39(31-17-13-11-14-18-31)54-48(65)74-49(4,5)6)70-37(58)26-76-75-25-36(57)69-29(2)45(62)67-22-21-66-10/h11-20,29,33-35,39-42,44,56,59,61H,21-27H2,1-10H3,(H,54,65). The van der Waals surface area contributed by atoms with Crippen LogP contribution in [0, 0.1) is 16.7 Å². The topological polar surface area (TPSA) is 292 Å². The van der Waals surface area contributed by atoms with Crippen LogP contribution in [-0.4, -0.2) is 161 Å². The molecule has 12 unspecified atom stereocenters. The van der Waals surface area contributed by atoms with Gasteiger partial charge in [-0.05, 0) is 76.8 Å². The molecule has 2 saturated carbocycles. The molecule has 2 aromatic rings. The Labute approximate surface area is 448 Å². The van der Waals surface area contributed by atoms with Gasteiger partial charge in [-0.15, -0.1) is 0 Å². The highest BCUT2D eigenvalue weighted by atomic mass is 33.1. The monoisotopic (exact) mass is 1100 g/mol. The van der Waals surface area contributed by atoms with E-state index in [4.69, 9.17) is 42.6 Å². The zero-order valence-corrected chi connectivity index (χ0v) is 45.7. The lowest BCUT2D eigenvalue weighted by molar-refractivity contribution is -0.330. The molecule has 4 aliphatic rings. The van der Waals surface area contributed by atoms with E-state index >= 15 is 9.59 Å². The van der Waals surface area contributed by atoms with Gasteiger partial charge in [-0.1, -0.05) is 84.0 Å². The lowest BCUT2D eigenvalue weighted by atomic mass is 9.45. The van der Waals surface area contributed by atoms with Crippen LogP contribution in [0.5, 0.6) is 0 Å². The predicted molar refractivity (Wildman–Crippen MR) is 271 cm³/mol. The molecule has 1 amide bonds. The highest BCUT2D eigenvalue weighted by Gasteiger charge is 2.76. The number of Topliss-reactive ketones (excluding diaryl/α,β-unsaturated/α-hetero) is 1. The van der Waals surface area contributed by atoms with Crippen LogP contribution in [0.1, 0.15) is 97.1 Å². The average molecular weight is 1100 g/mol. The molecule has 1 saturated heterocycles. The van der Waals surface area contributed by atoms with Gasteiger partial charge >= 0.3 is 41.9 Å². The van der Waals surface area contributed by atoms with Gasteiger partial charge in [0.2, 0.25) is 6.10 Å².